The van der Waals surface area contributed by atoms with Gasteiger partial charge < -0.3 is 14.7 Å². The van der Waals surface area contributed by atoms with E-state index >= 15 is 0 Å². The molecule has 1 fully saturated rings. The molecule has 0 bridgehead atoms. The second-order valence-corrected chi connectivity index (χ2v) is 5.08. The van der Waals surface area contributed by atoms with Gasteiger partial charge in [0.15, 0.2) is 0 Å². The van der Waals surface area contributed by atoms with E-state index in [-0.39, 0.29) is 43.5 Å². The summed E-state index contributed by atoms with van der Waals surface area (Å²) in [5.74, 6) is -0.917. The van der Waals surface area contributed by atoms with E-state index in [0.29, 0.717) is 19.7 Å². The number of carbonyl (C=O) groups excluding carboxylic acids is 1. The number of hydrogen-bond acceptors (Lipinski definition) is 4. The summed E-state index contributed by atoms with van der Waals surface area (Å²) in [5, 5.41) is 8.91. The average molecular weight is 309 g/mol. The van der Waals surface area contributed by atoms with Crippen molar-refractivity contribution in [3.8, 4) is 0 Å². The van der Waals surface area contributed by atoms with Gasteiger partial charge in [-0.15, -0.1) is 12.4 Å². The molecule has 1 aliphatic heterocycles. The Labute approximate surface area is 126 Å². The minimum atomic E-state index is -0.900. The SMILES string of the molecule is CCC(C)N(CC(=O)O)CC(=O)N1CCOC(C)C1.Cl. The number of carboxylic acids is 1. The van der Waals surface area contributed by atoms with E-state index in [4.69, 9.17) is 9.84 Å². The Bertz CT molecular complexity index is 327. The molecule has 0 aromatic rings. The summed E-state index contributed by atoms with van der Waals surface area (Å²) in [7, 11) is 0. The molecule has 1 saturated heterocycles. The van der Waals surface area contributed by atoms with Crippen molar-refractivity contribution in [3.05, 3.63) is 0 Å². The fourth-order valence-electron chi connectivity index (χ4n) is 2.12. The third-order valence-electron chi connectivity index (χ3n) is 3.48. The molecule has 1 amide bonds. The van der Waals surface area contributed by atoms with Crippen LogP contribution < -0.4 is 0 Å². The first-order valence-corrected chi connectivity index (χ1v) is 6.79. The molecular weight excluding hydrogens is 284 g/mol. The zero-order valence-corrected chi connectivity index (χ0v) is 13.2. The van der Waals surface area contributed by atoms with E-state index in [1.54, 1.807) is 9.80 Å². The van der Waals surface area contributed by atoms with Gasteiger partial charge in [0.25, 0.3) is 0 Å². The van der Waals surface area contributed by atoms with Crippen molar-refractivity contribution < 1.29 is 19.4 Å². The number of morpholine rings is 1. The minimum absolute atomic E-state index is 0. The van der Waals surface area contributed by atoms with Crippen LogP contribution in [0.1, 0.15) is 27.2 Å². The number of carbonyl (C=O) groups is 2. The number of nitrogens with zero attached hydrogens (tertiary/aromatic N) is 2. The van der Waals surface area contributed by atoms with Crippen molar-refractivity contribution in [2.24, 2.45) is 0 Å². The highest BCUT2D eigenvalue weighted by molar-refractivity contribution is 5.85. The Hall–Kier alpha value is -0.850. The fourth-order valence-corrected chi connectivity index (χ4v) is 2.12. The van der Waals surface area contributed by atoms with Gasteiger partial charge in [0.05, 0.1) is 25.8 Å². The third kappa shape index (κ3) is 6.07. The molecule has 1 heterocycles. The molecule has 1 rings (SSSR count). The normalized spacial score (nSPS) is 20.4. The van der Waals surface area contributed by atoms with Gasteiger partial charge in [0.2, 0.25) is 5.91 Å². The summed E-state index contributed by atoms with van der Waals surface area (Å²) in [6.07, 6.45) is 0.870. The van der Waals surface area contributed by atoms with Crippen LogP contribution in [0.4, 0.5) is 0 Å². The zero-order valence-electron chi connectivity index (χ0n) is 12.4. The van der Waals surface area contributed by atoms with E-state index < -0.39 is 5.97 Å². The maximum atomic E-state index is 12.2. The summed E-state index contributed by atoms with van der Waals surface area (Å²) >= 11 is 0. The van der Waals surface area contributed by atoms with Crippen LogP contribution >= 0.6 is 12.4 Å². The third-order valence-corrected chi connectivity index (χ3v) is 3.48. The lowest BCUT2D eigenvalue weighted by atomic mass is 10.2. The average Bonchev–Trinajstić information content (AvgIpc) is 2.36. The van der Waals surface area contributed by atoms with Gasteiger partial charge in [0, 0.05) is 19.1 Å². The molecule has 7 heteroatoms. The monoisotopic (exact) mass is 308 g/mol. The van der Waals surface area contributed by atoms with Crippen LogP contribution in [0.2, 0.25) is 0 Å². The Balaban J connectivity index is 0.00000361. The standard InChI is InChI=1S/C13H24N2O4.ClH/c1-4-10(2)15(9-13(17)18)8-12(16)14-5-6-19-11(3)7-14;/h10-11H,4-9H2,1-3H3,(H,17,18);1H. The van der Waals surface area contributed by atoms with Crippen molar-refractivity contribution in [3.63, 3.8) is 0 Å². The minimum Gasteiger partial charge on any atom is -0.480 e. The first-order chi connectivity index (χ1) is 8.93. The van der Waals surface area contributed by atoms with Crippen LogP contribution in [0.5, 0.6) is 0 Å². The largest absolute Gasteiger partial charge is 0.480 e. The van der Waals surface area contributed by atoms with Gasteiger partial charge in [-0.25, -0.2) is 0 Å². The predicted molar refractivity (Wildman–Crippen MR) is 78.2 cm³/mol. The molecule has 118 valence electrons. The summed E-state index contributed by atoms with van der Waals surface area (Å²) < 4.78 is 5.39. The molecule has 0 aromatic heterocycles. The second kappa shape index (κ2) is 9.15. The Kier molecular flexibility index (Phi) is 8.76. The molecule has 0 aliphatic carbocycles. The van der Waals surface area contributed by atoms with Crippen molar-refractivity contribution >= 4 is 24.3 Å². The van der Waals surface area contributed by atoms with Crippen molar-refractivity contribution in [2.45, 2.75) is 39.3 Å². The number of ether oxygens (including phenoxy) is 1. The molecular formula is C13H25ClN2O4. The lowest BCUT2D eigenvalue weighted by Crippen LogP contribution is -2.50. The Morgan fingerprint density at radius 3 is 2.60 bits per heavy atom. The number of aliphatic carboxylic acids is 1. The molecule has 0 saturated carbocycles. The van der Waals surface area contributed by atoms with Gasteiger partial charge in [-0.05, 0) is 20.3 Å². The molecule has 0 aromatic carbocycles. The van der Waals surface area contributed by atoms with Gasteiger partial charge in [-0.3, -0.25) is 14.5 Å². The molecule has 0 spiro atoms. The van der Waals surface area contributed by atoms with Crippen molar-refractivity contribution in [1.29, 1.82) is 0 Å². The fraction of sp³-hybridized carbons (Fsp3) is 0.846. The van der Waals surface area contributed by atoms with Gasteiger partial charge >= 0.3 is 5.97 Å². The Morgan fingerprint density at radius 1 is 1.45 bits per heavy atom. The van der Waals surface area contributed by atoms with E-state index in [9.17, 15) is 9.59 Å². The number of amides is 1. The first kappa shape index (κ1) is 19.1. The molecule has 2 unspecified atom stereocenters. The van der Waals surface area contributed by atoms with E-state index in [1.807, 2.05) is 20.8 Å². The highest BCUT2D eigenvalue weighted by atomic mass is 35.5. The summed E-state index contributed by atoms with van der Waals surface area (Å²) in [5.41, 5.74) is 0. The van der Waals surface area contributed by atoms with E-state index in [2.05, 4.69) is 0 Å². The van der Waals surface area contributed by atoms with Crippen LogP contribution in [0, 0.1) is 0 Å². The molecule has 1 aliphatic rings. The second-order valence-electron chi connectivity index (χ2n) is 5.08. The first-order valence-electron chi connectivity index (χ1n) is 6.79. The quantitative estimate of drug-likeness (QED) is 0.787. The number of halogens is 1. The molecule has 0 radical (unpaired) electrons. The number of rotatable bonds is 6. The molecule has 6 nitrogen and oxygen atoms in total. The van der Waals surface area contributed by atoms with Crippen LogP contribution in [0.3, 0.4) is 0 Å². The summed E-state index contributed by atoms with van der Waals surface area (Å²) in [6, 6.07) is 0.0820. The van der Waals surface area contributed by atoms with Gasteiger partial charge in [0.1, 0.15) is 0 Å². The van der Waals surface area contributed by atoms with Gasteiger partial charge in [-0.1, -0.05) is 6.92 Å². The topological polar surface area (TPSA) is 70.1 Å². The smallest absolute Gasteiger partial charge is 0.317 e. The number of hydrogen-bond donors (Lipinski definition) is 1. The molecule has 2 atom stereocenters. The highest BCUT2D eigenvalue weighted by Gasteiger charge is 2.25. The molecule has 1 N–H and O–H groups in total. The predicted octanol–water partition coefficient (Wildman–Crippen LogP) is 0.841. The van der Waals surface area contributed by atoms with E-state index in [0.717, 1.165) is 6.42 Å². The van der Waals surface area contributed by atoms with Crippen LogP contribution in [-0.2, 0) is 14.3 Å². The van der Waals surface area contributed by atoms with Crippen molar-refractivity contribution in [1.82, 2.24) is 9.80 Å². The number of carboxylic acid groups (broad SMARTS) is 1. The van der Waals surface area contributed by atoms with E-state index in [1.165, 1.54) is 0 Å². The summed E-state index contributed by atoms with van der Waals surface area (Å²) in [6.45, 7) is 7.65. The van der Waals surface area contributed by atoms with Crippen LogP contribution in [-0.4, -0.2) is 71.7 Å². The van der Waals surface area contributed by atoms with Gasteiger partial charge in [-0.2, -0.15) is 0 Å². The van der Waals surface area contributed by atoms with Crippen molar-refractivity contribution in [2.75, 3.05) is 32.8 Å². The maximum Gasteiger partial charge on any atom is 0.317 e. The lowest BCUT2D eigenvalue weighted by molar-refractivity contribution is -0.143. The zero-order chi connectivity index (χ0) is 14.4. The lowest BCUT2D eigenvalue weighted by Gasteiger charge is -2.34. The highest BCUT2D eigenvalue weighted by Crippen LogP contribution is 2.08. The van der Waals surface area contributed by atoms with Crippen LogP contribution in [0.25, 0.3) is 0 Å². The van der Waals surface area contributed by atoms with Crippen LogP contribution in [0.15, 0.2) is 0 Å². The Morgan fingerprint density at radius 2 is 2.10 bits per heavy atom. The summed E-state index contributed by atoms with van der Waals surface area (Å²) in [4.78, 5) is 26.5. The maximum absolute atomic E-state index is 12.2. The molecule has 20 heavy (non-hydrogen) atoms.